The summed E-state index contributed by atoms with van der Waals surface area (Å²) in [7, 11) is 0. The van der Waals surface area contributed by atoms with Crippen LogP contribution in [0.25, 0.3) is 0 Å². The monoisotopic (exact) mass is 389 g/mol. The maximum absolute atomic E-state index is 12.8. The Balaban J connectivity index is 2.03. The van der Waals surface area contributed by atoms with Gasteiger partial charge in [0.2, 0.25) is 11.8 Å². The Hall–Kier alpha value is -2.90. The number of carboxylic acid groups (broad SMARTS) is 1. The molecule has 1 saturated heterocycles. The number of aliphatic carboxylic acids is 1. The van der Waals surface area contributed by atoms with Gasteiger partial charge in [0.05, 0.1) is 6.54 Å². The molecule has 1 aromatic carbocycles. The van der Waals surface area contributed by atoms with Gasteiger partial charge < -0.3 is 20.6 Å². The summed E-state index contributed by atoms with van der Waals surface area (Å²) in [6.45, 7) is 5.47. The molecule has 1 unspecified atom stereocenters. The molecule has 1 heterocycles. The van der Waals surface area contributed by atoms with Crippen molar-refractivity contribution in [2.45, 2.75) is 46.1 Å². The molecule has 3 amide bonds. The minimum Gasteiger partial charge on any atom is -0.480 e. The molecular weight excluding hydrogens is 362 g/mol. The van der Waals surface area contributed by atoms with Crippen LogP contribution in [0.4, 0.5) is 5.69 Å². The number of amides is 3. The molecule has 1 aromatic rings. The number of piperidine rings is 1. The fourth-order valence-electron chi connectivity index (χ4n) is 2.96. The molecule has 152 valence electrons. The highest BCUT2D eigenvalue weighted by atomic mass is 16.4. The summed E-state index contributed by atoms with van der Waals surface area (Å²) in [5.74, 6) is -2.03. The first-order valence-electron chi connectivity index (χ1n) is 9.31. The van der Waals surface area contributed by atoms with Gasteiger partial charge in [0.15, 0.2) is 0 Å². The zero-order valence-corrected chi connectivity index (χ0v) is 16.4. The Morgan fingerprint density at radius 1 is 1.18 bits per heavy atom. The standard InChI is InChI=1S/C20H27N3O5/c1-20(2,3)19(28)21-12-16(24)22-14-8-6-7-13(11-14)17(25)23-10-5-4-9-15(23)18(26)27/h6-8,11,15H,4-5,9-10,12H2,1-3H3,(H,21,28)(H,22,24)(H,26,27). The predicted molar refractivity (Wildman–Crippen MR) is 104 cm³/mol. The van der Waals surface area contributed by atoms with E-state index in [0.717, 1.165) is 12.8 Å². The van der Waals surface area contributed by atoms with Gasteiger partial charge in [0.25, 0.3) is 5.91 Å². The van der Waals surface area contributed by atoms with E-state index in [-0.39, 0.29) is 18.4 Å². The molecule has 8 heteroatoms. The van der Waals surface area contributed by atoms with Gasteiger partial charge in [-0.2, -0.15) is 0 Å². The lowest BCUT2D eigenvalue weighted by Gasteiger charge is -2.33. The first kappa shape index (κ1) is 21.4. The molecule has 8 nitrogen and oxygen atoms in total. The van der Waals surface area contributed by atoms with Crippen LogP contribution in [0.1, 0.15) is 50.4 Å². The van der Waals surface area contributed by atoms with Gasteiger partial charge in [-0.15, -0.1) is 0 Å². The van der Waals surface area contributed by atoms with E-state index in [1.807, 2.05) is 0 Å². The van der Waals surface area contributed by atoms with Crippen LogP contribution in [0, 0.1) is 5.41 Å². The summed E-state index contributed by atoms with van der Waals surface area (Å²) >= 11 is 0. The topological polar surface area (TPSA) is 116 Å². The first-order valence-corrected chi connectivity index (χ1v) is 9.31. The van der Waals surface area contributed by atoms with Gasteiger partial charge in [-0.25, -0.2) is 4.79 Å². The number of benzene rings is 1. The van der Waals surface area contributed by atoms with Crippen molar-refractivity contribution < 1.29 is 24.3 Å². The Bertz CT molecular complexity index is 769. The molecule has 0 aliphatic carbocycles. The van der Waals surface area contributed by atoms with E-state index in [1.165, 1.54) is 11.0 Å². The van der Waals surface area contributed by atoms with Crippen molar-refractivity contribution in [3.8, 4) is 0 Å². The van der Waals surface area contributed by atoms with Crippen molar-refractivity contribution >= 4 is 29.4 Å². The van der Waals surface area contributed by atoms with E-state index < -0.39 is 23.3 Å². The van der Waals surface area contributed by atoms with E-state index in [0.29, 0.717) is 24.2 Å². The number of likely N-dealkylation sites (tertiary alicyclic amines) is 1. The third-order valence-electron chi connectivity index (χ3n) is 4.53. The van der Waals surface area contributed by atoms with Crippen LogP contribution in [0.3, 0.4) is 0 Å². The average molecular weight is 389 g/mol. The molecule has 0 aromatic heterocycles. The lowest BCUT2D eigenvalue weighted by atomic mass is 9.96. The number of carbonyl (C=O) groups excluding carboxylic acids is 3. The molecule has 1 aliphatic heterocycles. The lowest BCUT2D eigenvalue weighted by molar-refractivity contribution is -0.143. The number of nitrogens with zero attached hydrogens (tertiary/aromatic N) is 1. The Labute approximate surface area is 164 Å². The number of hydrogen-bond acceptors (Lipinski definition) is 4. The molecule has 0 saturated carbocycles. The van der Waals surface area contributed by atoms with Gasteiger partial charge in [0.1, 0.15) is 6.04 Å². The van der Waals surface area contributed by atoms with E-state index in [1.54, 1.807) is 39.0 Å². The number of rotatable bonds is 5. The minimum absolute atomic E-state index is 0.179. The fourth-order valence-corrected chi connectivity index (χ4v) is 2.96. The SMILES string of the molecule is CC(C)(C)C(=O)NCC(=O)Nc1cccc(C(=O)N2CCCCC2C(=O)O)c1. The van der Waals surface area contributed by atoms with Crippen LogP contribution in [0.15, 0.2) is 24.3 Å². The largest absolute Gasteiger partial charge is 0.480 e. The van der Waals surface area contributed by atoms with Crippen molar-refractivity contribution in [1.29, 1.82) is 0 Å². The molecule has 1 atom stereocenters. The van der Waals surface area contributed by atoms with E-state index >= 15 is 0 Å². The second-order valence-corrected chi connectivity index (χ2v) is 7.91. The van der Waals surface area contributed by atoms with Gasteiger partial charge in [0, 0.05) is 23.2 Å². The summed E-state index contributed by atoms with van der Waals surface area (Å²) in [6.07, 6.45) is 1.97. The van der Waals surface area contributed by atoms with Crippen molar-refractivity contribution in [1.82, 2.24) is 10.2 Å². The molecule has 1 fully saturated rings. The summed E-state index contributed by atoms with van der Waals surface area (Å²) in [4.78, 5) is 49.5. The lowest BCUT2D eigenvalue weighted by Crippen LogP contribution is -2.48. The number of carbonyl (C=O) groups is 4. The smallest absolute Gasteiger partial charge is 0.326 e. The zero-order valence-electron chi connectivity index (χ0n) is 16.4. The van der Waals surface area contributed by atoms with Crippen molar-refractivity contribution in [3.05, 3.63) is 29.8 Å². The van der Waals surface area contributed by atoms with E-state index in [9.17, 15) is 24.3 Å². The third-order valence-corrected chi connectivity index (χ3v) is 4.53. The second kappa shape index (κ2) is 8.86. The Morgan fingerprint density at radius 2 is 1.89 bits per heavy atom. The quantitative estimate of drug-likeness (QED) is 0.711. The Morgan fingerprint density at radius 3 is 2.54 bits per heavy atom. The summed E-state index contributed by atoms with van der Waals surface area (Å²) in [5.41, 5.74) is 0.122. The highest BCUT2D eigenvalue weighted by molar-refractivity contribution is 5.99. The zero-order chi connectivity index (χ0) is 20.9. The average Bonchev–Trinajstić information content (AvgIpc) is 2.64. The predicted octanol–water partition coefficient (Wildman–Crippen LogP) is 1.87. The second-order valence-electron chi connectivity index (χ2n) is 7.91. The maximum Gasteiger partial charge on any atom is 0.326 e. The van der Waals surface area contributed by atoms with E-state index in [2.05, 4.69) is 10.6 Å². The number of anilines is 1. The Kier molecular flexibility index (Phi) is 6.77. The molecule has 2 rings (SSSR count). The van der Waals surface area contributed by atoms with Crippen molar-refractivity contribution in [2.75, 3.05) is 18.4 Å². The number of nitrogens with one attached hydrogen (secondary N) is 2. The highest BCUT2D eigenvalue weighted by Crippen LogP contribution is 2.21. The van der Waals surface area contributed by atoms with Crippen LogP contribution < -0.4 is 10.6 Å². The van der Waals surface area contributed by atoms with Gasteiger partial charge in [-0.3, -0.25) is 14.4 Å². The molecule has 0 spiro atoms. The molecule has 3 N–H and O–H groups in total. The minimum atomic E-state index is -1.01. The van der Waals surface area contributed by atoms with Crippen LogP contribution in [0.5, 0.6) is 0 Å². The normalized spacial score (nSPS) is 17.0. The number of hydrogen-bond donors (Lipinski definition) is 3. The molecule has 1 aliphatic rings. The van der Waals surface area contributed by atoms with E-state index in [4.69, 9.17) is 0 Å². The van der Waals surface area contributed by atoms with Gasteiger partial charge in [-0.05, 0) is 37.5 Å². The maximum atomic E-state index is 12.8. The molecular formula is C20H27N3O5. The summed E-state index contributed by atoms with van der Waals surface area (Å²) in [6, 6.07) is 5.53. The number of carboxylic acids is 1. The molecule has 28 heavy (non-hydrogen) atoms. The first-order chi connectivity index (χ1) is 13.1. The van der Waals surface area contributed by atoms with Gasteiger partial charge >= 0.3 is 5.97 Å². The molecule has 0 radical (unpaired) electrons. The summed E-state index contributed by atoms with van der Waals surface area (Å²) < 4.78 is 0. The van der Waals surface area contributed by atoms with Gasteiger partial charge in [-0.1, -0.05) is 26.8 Å². The van der Waals surface area contributed by atoms with Crippen LogP contribution in [0.2, 0.25) is 0 Å². The fraction of sp³-hybridized carbons (Fsp3) is 0.500. The van der Waals surface area contributed by atoms with Crippen LogP contribution >= 0.6 is 0 Å². The highest BCUT2D eigenvalue weighted by Gasteiger charge is 2.32. The van der Waals surface area contributed by atoms with Crippen molar-refractivity contribution in [3.63, 3.8) is 0 Å². The van der Waals surface area contributed by atoms with Crippen molar-refractivity contribution in [2.24, 2.45) is 5.41 Å². The van der Waals surface area contributed by atoms with Crippen LogP contribution in [-0.2, 0) is 14.4 Å². The summed E-state index contributed by atoms with van der Waals surface area (Å²) in [5, 5.41) is 14.6. The third kappa shape index (κ3) is 5.55. The van der Waals surface area contributed by atoms with Crippen LogP contribution in [-0.4, -0.2) is 52.8 Å². The molecule has 0 bridgehead atoms.